The zero-order valence-corrected chi connectivity index (χ0v) is 9.46. The van der Waals surface area contributed by atoms with Crippen molar-refractivity contribution in [3.63, 3.8) is 0 Å². The van der Waals surface area contributed by atoms with Gasteiger partial charge in [0, 0.05) is 12.5 Å². The van der Waals surface area contributed by atoms with E-state index < -0.39 is 0 Å². The maximum Gasteiger partial charge on any atom is 0.169 e. The minimum absolute atomic E-state index is 0.235. The van der Waals surface area contributed by atoms with Crippen molar-refractivity contribution < 1.29 is 9.52 Å². The Morgan fingerprint density at radius 1 is 1.64 bits per heavy atom. The summed E-state index contributed by atoms with van der Waals surface area (Å²) < 4.78 is 6.06. The molecule has 0 radical (unpaired) electrons. The van der Waals surface area contributed by atoms with Crippen molar-refractivity contribution in [2.75, 3.05) is 6.54 Å². The van der Waals surface area contributed by atoms with Crippen molar-refractivity contribution in [1.29, 1.82) is 0 Å². The average molecular weight is 260 g/mol. The van der Waals surface area contributed by atoms with Gasteiger partial charge in [-0.2, -0.15) is 0 Å². The van der Waals surface area contributed by atoms with Crippen molar-refractivity contribution in [3.05, 3.63) is 22.6 Å². The first-order valence-corrected chi connectivity index (χ1v) is 5.70. The number of aliphatic hydroxyl groups is 1. The Morgan fingerprint density at radius 3 is 3.07 bits per heavy atom. The van der Waals surface area contributed by atoms with E-state index in [4.69, 9.17) is 4.42 Å². The van der Waals surface area contributed by atoms with Crippen LogP contribution in [0.25, 0.3) is 0 Å². The third-order valence-electron chi connectivity index (χ3n) is 2.60. The monoisotopic (exact) mass is 259 g/mol. The van der Waals surface area contributed by atoms with Crippen LogP contribution in [0.4, 0.5) is 0 Å². The molecule has 1 aromatic rings. The lowest BCUT2D eigenvalue weighted by Gasteiger charge is -2.16. The van der Waals surface area contributed by atoms with Gasteiger partial charge in [-0.25, -0.2) is 0 Å². The molecule has 1 aliphatic rings. The highest BCUT2D eigenvalue weighted by atomic mass is 79.9. The Morgan fingerprint density at radius 2 is 2.50 bits per heavy atom. The Balaban J connectivity index is 1.90. The van der Waals surface area contributed by atoms with Crippen LogP contribution in [-0.4, -0.2) is 23.8 Å². The van der Waals surface area contributed by atoms with Crippen LogP contribution in [0.2, 0.25) is 0 Å². The van der Waals surface area contributed by atoms with E-state index in [9.17, 15) is 5.11 Å². The van der Waals surface area contributed by atoms with Crippen molar-refractivity contribution in [2.24, 2.45) is 0 Å². The quantitative estimate of drug-likeness (QED) is 0.869. The van der Waals surface area contributed by atoms with Crippen LogP contribution in [0.15, 0.2) is 21.2 Å². The lowest BCUT2D eigenvalue weighted by molar-refractivity contribution is 0.129. The SMILES string of the molecule is OC(Cc1ccc(Br)o1)[C@@H]1CCCN1. The summed E-state index contributed by atoms with van der Waals surface area (Å²) in [5.41, 5.74) is 0. The highest BCUT2D eigenvalue weighted by Gasteiger charge is 2.23. The molecule has 2 heterocycles. The molecule has 1 fully saturated rings. The summed E-state index contributed by atoms with van der Waals surface area (Å²) in [6.45, 7) is 1.02. The van der Waals surface area contributed by atoms with E-state index >= 15 is 0 Å². The number of rotatable bonds is 3. The number of nitrogens with one attached hydrogen (secondary N) is 1. The van der Waals surface area contributed by atoms with Crippen molar-refractivity contribution in [2.45, 2.75) is 31.4 Å². The van der Waals surface area contributed by atoms with Crippen molar-refractivity contribution in [3.8, 4) is 0 Å². The molecule has 0 amide bonds. The molecule has 0 saturated carbocycles. The Labute approximate surface area is 91.6 Å². The Bertz CT molecular complexity index is 294. The molecule has 1 unspecified atom stereocenters. The zero-order valence-electron chi connectivity index (χ0n) is 7.87. The first-order valence-electron chi connectivity index (χ1n) is 4.91. The van der Waals surface area contributed by atoms with Gasteiger partial charge in [-0.3, -0.25) is 0 Å². The van der Waals surface area contributed by atoms with E-state index in [0.29, 0.717) is 6.42 Å². The van der Waals surface area contributed by atoms with Crippen LogP contribution in [0.3, 0.4) is 0 Å². The molecule has 0 spiro atoms. The second-order valence-electron chi connectivity index (χ2n) is 3.68. The molecule has 0 bridgehead atoms. The zero-order chi connectivity index (χ0) is 9.97. The molecule has 1 saturated heterocycles. The summed E-state index contributed by atoms with van der Waals surface area (Å²) in [7, 11) is 0. The summed E-state index contributed by atoms with van der Waals surface area (Å²) in [4.78, 5) is 0. The summed E-state index contributed by atoms with van der Waals surface area (Å²) in [6, 6.07) is 3.98. The fraction of sp³-hybridized carbons (Fsp3) is 0.600. The highest BCUT2D eigenvalue weighted by Crippen LogP contribution is 2.18. The molecule has 1 aromatic heterocycles. The van der Waals surface area contributed by atoms with Gasteiger partial charge in [0.25, 0.3) is 0 Å². The molecule has 3 nitrogen and oxygen atoms in total. The number of aliphatic hydroxyl groups excluding tert-OH is 1. The van der Waals surface area contributed by atoms with E-state index in [1.54, 1.807) is 0 Å². The molecular weight excluding hydrogens is 246 g/mol. The maximum absolute atomic E-state index is 9.87. The first-order chi connectivity index (χ1) is 6.75. The van der Waals surface area contributed by atoms with E-state index in [2.05, 4.69) is 21.2 Å². The van der Waals surface area contributed by atoms with E-state index in [1.807, 2.05) is 12.1 Å². The summed E-state index contributed by atoms with van der Waals surface area (Å²) in [5.74, 6) is 0.832. The molecular formula is C10H14BrNO2. The van der Waals surface area contributed by atoms with Crippen molar-refractivity contribution in [1.82, 2.24) is 5.32 Å². The maximum atomic E-state index is 9.87. The molecule has 2 atom stereocenters. The standard InChI is InChI=1S/C10H14BrNO2/c11-10-4-3-7(14-10)6-9(13)8-2-1-5-12-8/h3-4,8-9,12-13H,1-2,5-6H2/t8-,9?/m0/s1. The lowest BCUT2D eigenvalue weighted by atomic mass is 10.1. The molecule has 0 aromatic carbocycles. The number of hydrogen-bond donors (Lipinski definition) is 2. The second-order valence-corrected chi connectivity index (χ2v) is 4.46. The van der Waals surface area contributed by atoms with Crippen LogP contribution in [0.1, 0.15) is 18.6 Å². The van der Waals surface area contributed by atoms with Gasteiger partial charge < -0.3 is 14.8 Å². The normalized spacial score (nSPS) is 24.0. The van der Waals surface area contributed by atoms with Gasteiger partial charge in [-0.15, -0.1) is 0 Å². The molecule has 14 heavy (non-hydrogen) atoms. The van der Waals surface area contributed by atoms with E-state index in [-0.39, 0.29) is 12.1 Å². The molecule has 1 aliphatic heterocycles. The largest absolute Gasteiger partial charge is 0.454 e. The van der Waals surface area contributed by atoms with Gasteiger partial charge in [0.2, 0.25) is 0 Å². The summed E-state index contributed by atoms with van der Waals surface area (Å²) in [5, 5.41) is 13.2. The highest BCUT2D eigenvalue weighted by molar-refractivity contribution is 9.10. The molecule has 4 heteroatoms. The van der Waals surface area contributed by atoms with E-state index in [1.165, 1.54) is 0 Å². The van der Waals surface area contributed by atoms with Crippen molar-refractivity contribution >= 4 is 15.9 Å². The van der Waals surface area contributed by atoms with Gasteiger partial charge in [0.1, 0.15) is 5.76 Å². The third kappa shape index (κ3) is 2.38. The van der Waals surface area contributed by atoms with Gasteiger partial charge >= 0.3 is 0 Å². The third-order valence-corrected chi connectivity index (χ3v) is 3.03. The number of furan rings is 1. The van der Waals surface area contributed by atoms with Crippen LogP contribution in [0.5, 0.6) is 0 Å². The average Bonchev–Trinajstić information content (AvgIpc) is 2.75. The van der Waals surface area contributed by atoms with Crippen LogP contribution >= 0.6 is 15.9 Å². The van der Waals surface area contributed by atoms with E-state index in [0.717, 1.165) is 29.8 Å². The molecule has 2 rings (SSSR count). The minimum Gasteiger partial charge on any atom is -0.454 e. The number of halogens is 1. The first kappa shape index (κ1) is 10.2. The van der Waals surface area contributed by atoms with Crippen LogP contribution in [0, 0.1) is 0 Å². The summed E-state index contributed by atoms with van der Waals surface area (Å²) in [6.07, 6.45) is 2.46. The predicted molar refractivity (Wildman–Crippen MR) is 57.1 cm³/mol. The minimum atomic E-state index is -0.337. The fourth-order valence-electron chi connectivity index (χ4n) is 1.85. The molecule has 2 N–H and O–H groups in total. The van der Waals surface area contributed by atoms with Gasteiger partial charge in [0.05, 0.1) is 6.10 Å². The molecule has 78 valence electrons. The summed E-state index contributed by atoms with van der Waals surface area (Å²) >= 11 is 3.24. The fourth-order valence-corrected chi connectivity index (χ4v) is 2.19. The Kier molecular flexibility index (Phi) is 3.26. The molecule has 0 aliphatic carbocycles. The van der Waals surface area contributed by atoms with Gasteiger partial charge in [0.15, 0.2) is 4.67 Å². The topological polar surface area (TPSA) is 45.4 Å². The smallest absolute Gasteiger partial charge is 0.169 e. The van der Waals surface area contributed by atoms with Crippen LogP contribution < -0.4 is 5.32 Å². The Hall–Kier alpha value is -0.320. The van der Waals surface area contributed by atoms with Gasteiger partial charge in [-0.05, 0) is 47.4 Å². The van der Waals surface area contributed by atoms with Gasteiger partial charge in [-0.1, -0.05) is 0 Å². The number of hydrogen-bond acceptors (Lipinski definition) is 3. The van der Waals surface area contributed by atoms with Crippen LogP contribution in [-0.2, 0) is 6.42 Å². The lowest BCUT2D eigenvalue weighted by Crippen LogP contribution is -2.35. The second kappa shape index (κ2) is 4.47. The predicted octanol–water partition coefficient (Wildman–Crippen LogP) is 1.70.